The van der Waals surface area contributed by atoms with Crippen LogP contribution in [0.3, 0.4) is 0 Å². The Kier molecular flexibility index (Phi) is 3.50. The van der Waals surface area contributed by atoms with Crippen LogP contribution < -0.4 is 10.1 Å². The fourth-order valence-electron chi connectivity index (χ4n) is 1.97. The molecule has 21 heavy (non-hydrogen) atoms. The third-order valence-corrected chi connectivity index (χ3v) is 3.20. The molecule has 0 saturated carbocycles. The molecule has 0 saturated heterocycles. The Morgan fingerprint density at radius 3 is 2.95 bits per heavy atom. The second kappa shape index (κ2) is 5.46. The summed E-state index contributed by atoms with van der Waals surface area (Å²) >= 11 is 5.91. The van der Waals surface area contributed by atoms with Gasteiger partial charge in [0.05, 0.1) is 12.1 Å². The molecule has 1 N–H and O–H groups in total. The predicted octanol–water partition coefficient (Wildman–Crippen LogP) is 3.25. The molecule has 0 spiro atoms. The Hall–Kier alpha value is -2.53. The Balaban J connectivity index is 1.86. The summed E-state index contributed by atoms with van der Waals surface area (Å²) in [5.41, 5.74) is 1.63. The first kappa shape index (κ1) is 13.5. The van der Waals surface area contributed by atoms with E-state index < -0.39 is 0 Å². The molecule has 0 bridgehead atoms. The lowest BCUT2D eigenvalue weighted by molar-refractivity contribution is 0.102. The summed E-state index contributed by atoms with van der Waals surface area (Å²) in [6.07, 6.45) is 3.34. The van der Waals surface area contributed by atoms with Crippen molar-refractivity contribution < 1.29 is 9.53 Å². The summed E-state index contributed by atoms with van der Waals surface area (Å²) in [4.78, 5) is 16.5. The van der Waals surface area contributed by atoms with Gasteiger partial charge in [-0.1, -0.05) is 17.7 Å². The van der Waals surface area contributed by atoms with E-state index in [0.717, 1.165) is 0 Å². The summed E-state index contributed by atoms with van der Waals surface area (Å²) in [5, 5.41) is 3.36. The van der Waals surface area contributed by atoms with Gasteiger partial charge < -0.3 is 14.5 Å². The molecule has 0 atom stereocenters. The number of methoxy groups -OCH3 is 1. The summed E-state index contributed by atoms with van der Waals surface area (Å²) in [7, 11) is 1.58. The third-order valence-electron chi connectivity index (χ3n) is 2.98. The molecule has 0 aliphatic rings. The van der Waals surface area contributed by atoms with Crippen molar-refractivity contribution in [2.75, 3.05) is 12.4 Å². The van der Waals surface area contributed by atoms with Gasteiger partial charge in [-0.05, 0) is 24.3 Å². The van der Waals surface area contributed by atoms with Gasteiger partial charge in [-0.2, -0.15) is 0 Å². The van der Waals surface area contributed by atoms with Crippen molar-refractivity contribution >= 4 is 28.8 Å². The van der Waals surface area contributed by atoms with Crippen molar-refractivity contribution in [2.45, 2.75) is 0 Å². The minimum absolute atomic E-state index is 0.289. The highest BCUT2D eigenvalue weighted by atomic mass is 35.5. The molecule has 0 aliphatic heterocycles. The van der Waals surface area contributed by atoms with E-state index >= 15 is 0 Å². The third kappa shape index (κ3) is 2.83. The molecule has 0 aliphatic carbocycles. The lowest BCUT2D eigenvalue weighted by atomic mass is 10.3. The number of ether oxygens (including phenoxy) is 1. The van der Waals surface area contributed by atoms with E-state index in [1.807, 2.05) is 6.07 Å². The highest BCUT2D eigenvalue weighted by molar-refractivity contribution is 6.30. The first-order valence-corrected chi connectivity index (χ1v) is 6.63. The lowest BCUT2D eigenvalue weighted by Gasteiger charge is -2.05. The first-order valence-electron chi connectivity index (χ1n) is 6.25. The lowest BCUT2D eigenvalue weighted by Crippen LogP contribution is -2.12. The molecule has 1 aromatic carbocycles. The van der Waals surface area contributed by atoms with Gasteiger partial charge in [0, 0.05) is 24.1 Å². The standard InChI is InChI=1S/C15H12ClN3O2/c1-21-12-4-2-3-11(7-12)17-15(20)13-9-19-8-10(16)5-6-14(19)18-13/h2-9H,1H3,(H,17,20). The number of nitrogens with one attached hydrogen (secondary N) is 1. The molecule has 0 fully saturated rings. The van der Waals surface area contributed by atoms with Crippen molar-refractivity contribution in [3.8, 4) is 5.75 Å². The largest absolute Gasteiger partial charge is 0.497 e. The quantitative estimate of drug-likeness (QED) is 0.808. The maximum Gasteiger partial charge on any atom is 0.275 e. The zero-order valence-corrected chi connectivity index (χ0v) is 12.0. The zero-order valence-electron chi connectivity index (χ0n) is 11.2. The number of pyridine rings is 1. The van der Waals surface area contributed by atoms with E-state index in [9.17, 15) is 4.79 Å². The van der Waals surface area contributed by atoms with Crippen LogP contribution in [0.15, 0.2) is 48.8 Å². The highest BCUT2D eigenvalue weighted by Crippen LogP contribution is 2.18. The SMILES string of the molecule is COc1cccc(NC(=O)c2cn3cc(Cl)ccc3n2)c1. The first-order chi connectivity index (χ1) is 10.2. The molecule has 5 nitrogen and oxygen atoms in total. The van der Waals surface area contributed by atoms with Crippen LogP contribution in [0.5, 0.6) is 5.75 Å². The molecule has 1 amide bonds. The summed E-state index contributed by atoms with van der Waals surface area (Å²) in [5.74, 6) is 0.387. The Bertz CT molecular complexity index is 814. The second-order valence-corrected chi connectivity index (χ2v) is 4.86. The van der Waals surface area contributed by atoms with Gasteiger partial charge in [0.15, 0.2) is 0 Å². The van der Waals surface area contributed by atoms with Crippen LogP contribution in [0.1, 0.15) is 10.5 Å². The average Bonchev–Trinajstić information content (AvgIpc) is 2.90. The smallest absolute Gasteiger partial charge is 0.275 e. The molecule has 3 rings (SSSR count). The van der Waals surface area contributed by atoms with Gasteiger partial charge in [0.2, 0.25) is 0 Å². The van der Waals surface area contributed by atoms with E-state index in [1.165, 1.54) is 0 Å². The molecule has 2 heterocycles. The maximum atomic E-state index is 12.2. The van der Waals surface area contributed by atoms with E-state index in [2.05, 4.69) is 10.3 Å². The summed E-state index contributed by atoms with van der Waals surface area (Å²) in [6, 6.07) is 10.6. The van der Waals surface area contributed by atoms with Crippen LogP contribution in [-0.4, -0.2) is 22.4 Å². The van der Waals surface area contributed by atoms with Gasteiger partial charge in [-0.15, -0.1) is 0 Å². The monoisotopic (exact) mass is 301 g/mol. The van der Waals surface area contributed by atoms with Gasteiger partial charge >= 0.3 is 0 Å². The number of carbonyl (C=O) groups is 1. The number of nitrogens with zero attached hydrogens (tertiary/aromatic N) is 2. The van der Waals surface area contributed by atoms with Gasteiger partial charge in [0.25, 0.3) is 5.91 Å². The number of anilines is 1. The van der Waals surface area contributed by atoms with E-state index in [1.54, 1.807) is 54.2 Å². The molecule has 0 radical (unpaired) electrons. The molecule has 3 aromatic rings. The number of imidazole rings is 1. The number of amides is 1. The number of hydrogen-bond acceptors (Lipinski definition) is 3. The minimum atomic E-state index is -0.289. The topological polar surface area (TPSA) is 55.6 Å². The molecular weight excluding hydrogens is 290 g/mol. The van der Waals surface area contributed by atoms with E-state index in [-0.39, 0.29) is 5.91 Å². The number of benzene rings is 1. The van der Waals surface area contributed by atoms with E-state index in [0.29, 0.717) is 27.8 Å². The van der Waals surface area contributed by atoms with Crippen LogP contribution in [0.25, 0.3) is 5.65 Å². The fourth-order valence-corrected chi connectivity index (χ4v) is 2.14. The zero-order chi connectivity index (χ0) is 14.8. The molecule has 0 unspecified atom stereocenters. The second-order valence-electron chi connectivity index (χ2n) is 4.43. The Morgan fingerprint density at radius 2 is 2.14 bits per heavy atom. The maximum absolute atomic E-state index is 12.2. The number of fused-ring (bicyclic) bond motifs is 1. The van der Waals surface area contributed by atoms with Gasteiger partial charge in [-0.3, -0.25) is 4.79 Å². The summed E-state index contributed by atoms with van der Waals surface area (Å²) < 4.78 is 6.83. The molecular formula is C15H12ClN3O2. The Morgan fingerprint density at radius 1 is 1.29 bits per heavy atom. The van der Waals surface area contributed by atoms with E-state index in [4.69, 9.17) is 16.3 Å². The number of aromatic nitrogens is 2. The van der Waals surface area contributed by atoms with Crippen LogP contribution >= 0.6 is 11.6 Å². The van der Waals surface area contributed by atoms with Crippen LogP contribution in [0, 0.1) is 0 Å². The van der Waals surface area contributed by atoms with Crippen LogP contribution in [-0.2, 0) is 0 Å². The molecule has 106 valence electrons. The van der Waals surface area contributed by atoms with Crippen molar-refractivity contribution in [2.24, 2.45) is 0 Å². The predicted molar refractivity (Wildman–Crippen MR) is 81.1 cm³/mol. The van der Waals surface area contributed by atoms with Crippen LogP contribution in [0.4, 0.5) is 5.69 Å². The van der Waals surface area contributed by atoms with Crippen LogP contribution in [0.2, 0.25) is 5.02 Å². The number of hydrogen-bond donors (Lipinski definition) is 1. The Labute approximate surface area is 126 Å². The van der Waals surface area contributed by atoms with Gasteiger partial charge in [-0.25, -0.2) is 4.98 Å². The minimum Gasteiger partial charge on any atom is -0.497 e. The van der Waals surface area contributed by atoms with Crippen molar-refractivity contribution in [3.63, 3.8) is 0 Å². The molecule has 2 aromatic heterocycles. The fraction of sp³-hybridized carbons (Fsp3) is 0.0667. The number of carbonyl (C=O) groups excluding carboxylic acids is 1. The van der Waals surface area contributed by atoms with Crippen molar-refractivity contribution in [3.05, 3.63) is 59.5 Å². The highest BCUT2D eigenvalue weighted by Gasteiger charge is 2.11. The van der Waals surface area contributed by atoms with Crippen molar-refractivity contribution in [1.82, 2.24) is 9.38 Å². The van der Waals surface area contributed by atoms with Gasteiger partial charge in [0.1, 0.15) is 17.1 Å². The average molecular weight is 302 g/mol. The molecule has 6 heteroatoms. The number of halogens is 1. The summed E-state index contributed by atoms with van der Waals surface area (Å²) in [6.45, 7) is 0. The van der Waals surface area contributed by atoms with Crippen molar-refractivity contribution in [1.29, 1.82) is 0 Å². The normalized spacial score (nSPS) is 10.6. The number of rotatable bonds is 3.